The van der Waals surface area contributed by atoms with Crippen molar-refractivity contribution in [1.29, 1.82) is 0 Å². The quantitative estimate of drug-likeness (QED) is 0.495. The summed E-state index contributed by atoms with van der Waals surface area (Å²) in [5.74, 6) is 0.204. The Morgan fingerprint density at radius 1 is 1.31 bits per heavy atom. The number of thiazole rings is 1. The van der Waals surface area contributed by atoms with E-state index in [1.807, 2.05) is 0 Å². The van der Waals surface area contributed by atoms with Gasteiger partial charge in [0.05, 0.1) is 24.2 Å². The maximum absolute atomic E-state index is 13.1. The summed E-state index contributed by atoms with van der Waals surface area (Å²) in [6, 6.07) is 12.9. The molecule has 0 unspecified atom stereocenters. The Balaban J connectivity index is 2.01. The van der Waals surface area contributed by atoms with Crippen molar-refractivity contribution in [2.45, 2.75) is 11.4 Å². The van der Waals surface area contributed by atoms with Crippen LogP contribution in [0.15, 0.2) is 46.8 Å². The summed E-state index contributed by atoms with van der Waals surface area (Å²) in [4.78, 5) is 4.02. The highest BCUT2D eigenvalue weighted by atomic mass is 32.2. The van der Waals surface area contributed by atoms with Gasteiger partial charge in [0.1, 0.15) is 5.75 Å². The van der Waals surface area contributed by atoms with Gasteiger partial charge in [-0.1, -0.05) is 6.07 Å². The Bertz CT molecular complexity index is 987. The monoisotopic (exact) mass is 389 g/mol. The second kappa shape index (κ2) is 7.11. The molecule has 0 saturated carbocycles. The van der Waals surface area contributed by atoms with Crippen LogP contribution in [0.4, 0.5) is 10.8 Å². The summed E-state index contributed by atoms with van der Waals surface area (Å²) in [5.41, 5.74) is 6.25. The fourth-order valence-electron chi connectivity index (χ4n) is 2.17. The summed E-state index contributed by atoms with van der Waals surface area (Å²) in [6.07, 6.45) is 1.52. The molecule has 0 amide bonds. The molecule has 0 saturated heterocycles. The molecule has 0 radical (unpaired) electrons. The molecule has 0 aliphatic heterocycles. The molecule has 0 aliphatic rings. The van der Waals surface area contributed by atoms with Crippen molar-refractivity contribution in [3.05, 3.63) is 59.6 Å². The first-order valence-electron chi connectivity index (χ1n) is 7.39. The Morgan fingerprint density at radius 3 is 2.69 bits per heavy atom. The zero-order valence-electron chi connectivity index (χ0n) is 13.7. The van der Waals surface area contributed by atoms with Crippen molar-refractivity contribution in [3.8, 4) is 11.5 Å². The number of rotatable bonds is 6. The second-order valence-corrected chi connectivity index (χ2v) is 7.96. The summed E-state index contributed by atoms with van der Waals surface area (Å²) >= 11 is 1.19. The average Bonchev–Trinajstić information content (AvgIpc) is 3.16. The minimum atomic E-state index is -3.98. The van der Waals surface area contributed by atoms with Crippen molar-refractivity contribution in [2.24, 2.45) is 0 Å². The predicted molar refractivity (Wildman–Crippen MR) is 98.7 cm³/mol. The number of methoxy groups -OCH3 is 1. The lowest BCUT2D eigenvalue weighted by Gasteiger charge is -2.21. The van der Waals surface area contributed by atoms with E-state index in [2.05, 4.69) is 17.1 Å². The summed E-state index contributed by atoms with van der Waals surface area (Å²) in [5, 5.41) is 11.8. The van der Waals surface area contributed by atoms with Crippen LogP contribution < -0.4 is 14.8 Å². The van der Waals surface area contributed by atoms with Gasteiger partial charge >= 0.3 is 0 Å². The van der Waals surface area contributed by atoms with Crippen molar-refractivity contribution in [2.75, 3.05) is 17.1 Å². The number of ether oxygens (including phenoxy) is 1. The highest BCUT2D eigenvalue weighted by Crippen LogP contribution is 2.30. The molecule has 7 nitrogen and oxygen atoms in total. The Hall–Kier alpha value is -2.96. The van der Waals surface area contributed by atoms with Crippen molar-refractivity contribution >= 4 is 32.2 Å². The van der Waals surface area contributed by atoms with E-state index in [4.69, 9.17) is 10.5 Å². The molecule has 134 valence electrons. The van der Waals surface area contributed by atoms with E-state index in [9.17, 15) is 13.5 Å². The highest BCUT2D eigenvalue weighted by molar-refractivity contribution is 7.93. The molecule has 3 N–H and O–H groups in total. The summed E-state index contributed by atoms with van der Waals surface area (Å²) in [7, 11) is -2.46. The minimum absolute atomic E-state index is 0.00147. The Kier molecular flexibility index (Phi) is 4.88. The van der Waals surface area contributed by atoms with Crippen molar-refractivity contribution in [1.82, 2.24) is 4.98 Å². The molecule has 0 aliphatic carbocycles. The first-order valence-corrected chi connectivity index (χ1v) is 9.71. The third kappa shape index (κ3) is 3.51. The molecule has 1 aromatic heterocycles. The number of phenols is 1. The summed E-state index contributed by atoms with van der Waals surface area (Å²) in [6.45, 7) is 0.00147. The van der Waals surface area contributed by atoms with Crippen LogP contribution in [0.1, 0.15) is 5.56 Å². The van der Waals surface area contributed by atoms with Gasteiger partial charge in [-0.05, 0) is 30.3 Å². The molecule has 0 spiro atoms. The minimum Gasteiger partial charge on any atom is -0.506 e. The van der Waals surface area contributed by atoms with Crippen LogP contribution in [0, 0.1) is 12.1 Å². The molecule has 1 heterocycles. The van der Waals surface area contributed by atoms with E-state index in [1.54, 1.807) is 17.5 Å². The third-order valence-corrected chi connectivity index (χ3v) is 6.18. The first-order chi connectivity index (χ1) is 12.4. The predicted octanol–water partition coefficient (Wildman–Crippen LogP) is 2.44. The molecule has 3 rings (SSSR count). The van der Waals surface area contributed by atoms with Crippen molar-refractivity contribution in [3.63, 3.8) is 0 Å². The van der Waals surface area contributed by atoms with Crippen LogP contribution in [0.2, 0.25) is 0 Å². The zero-order valence-corrected chi connectivity index (χ0v) is 15.3. The number of phenolic OH excluding ortho intramolecular Hbond substituents is 1. The number of aromatic nitrogens is 1. The number of hydrogen-bond acceptors (Lipinski definition) is 7. The number of aromatic hydroxyl groups is 1. The molecule has 0 fully saturated rings. The lowest BCUT2D eigenvalue weighted by Crippen LogP contribution is -2.30. The maximum atomic E-state index is 13.1. The molecule has 0 atom stereocenters. The van der Waals surface area contributed by atoms with Gasteiger partial charge in [-0.2, -0.15) is 0 Å². The van der Waals surface area contributed by atoms with Crippen LogP contribution in [0.5, 0.6) is 11.5 Å². The SMILES string of the molecule is COc1c#cc(CN(c2nccs2)S(=O)(=O)c2ccc(N)c(O)c2)cc1. The number of nitrogen functional groups attached to an aromatic ring is 1. The van der Waals surface area contributed by atoms with E-state index in [0.29, 0.717) is 16.4 Å². The van der Waals surface area contributed by atoms with E-state index in [0.717, 1.165) is 10.4 Å². The number of benzene rings is 1. The van der Waals surface area contributed by atoms with Gasteiger partial charge in [0.15, 0.2) is 10.9 Å². The smallest absolute Gasteiger partial charge is 0.266 e. The number of anilines is 2. The van der Waals surface area contributed by atoms with Crippen LogP contribution in [-0.2, 0) is 16.6 Å². The Morgan fingerprint density at radius 2 is 2.12 bits per heavy atom. The number of hydrogen-bond donors (Lipinski definition) is 2. The van der Waals surface area contributed by atoms with Crippen LogP contribution >= 0.6 is 11.3 Å². The topological polar surface area (TPSA) is 106 Å². The molecule has 26 heavy (non-hydrogen) atoms. The molecular formula is C17H15N3O4S2. The third-order valence-electron chi connectivity index (χ3n) is 3.54. The molecular weight excluding hydrogens is 374 g/mol. The van der Waals surface area contributed by atoms with Gasteiger partial charge in [0.25, 0.3) is 10.0 Å². The van der Waals surface area contributed by atoms with Gasteiger partial charge in [-0.15, -0.1) is 11.3 Å². The number of sulfonamides is 1. The molecule has 3 aromatic rings. The van der Waals surface area contributed by atoms with E-state index in [1.165, 1.54) is 36.8 Å². The lowest BCUT2D eigenvalue weighted by atomic mass is 10.2. The number of nitrogens with two attached hydrogens (primary N) is 1. The van der Waals surface area contributed by atoms with Crippen molar-refractivity contribution < 1.29 is 18.3 Å². The molecule has 2 aromatic carbocycles. The van der Waals surface area contributed by atoms with Gasteiger partial charge in [0.2, 0.25) is 0 Å². The van der Waals surface area contributed by atoms with Crippen LogP contribution in [0.3, 0.4) is 0 Å². The summed E-state index contributed by atoms with van der Waals surface area (Å²) < 4.78 is 32.4. The van der Waals surface area contributed by atoms with Crippen LogP contribution in [-0.4, -0.2) is 25.6 Å². The number of nitrogens with zero attached hydrogens (tertiary/aromatic N) is 2. The highest BCUT2D eigenvalue weighted by Gasteiger charge is 2.27. The van der Waals surface area contributed by atoms with Crippen LogP contribution in [0.25, 0.3) is 0 Å². The van der Waals surface area contributed by atoms with Gasteiger partial charge in [0, 0.05) is 23.2 Å². The molecule has 9 heteroatoms. The zero-order chi connectivity index (χ0) is 18.7. The van der Waals surface area contributed by atoms with Gasteiger partial charge in [-0.25, -0.2) is 17.7 Å². The van der Waals surface area contributed by atoms with E-state index >= 15 is 0 Å². The fraction of sp³-hybridized carbons (Fsp3) is 0.118. The molecule has 0 bridgehead atoms. The van der Waals surface area contributed by atoms with E-state index < -0.39 is 10.0 Å². The first kappa shape index (κ1) is 17.8. The maximum Gasteiger partial charge on any atom is 0.266 e. The Labute approximate surface area is 155 Å². The van der Waals surface area contributed by atoms with Gasteiger partial charge < -0.3 is 15.6 Å². The van der Waals surface area contributed by atoms with Gasteiger partial charge in [-0.3, -0.25) is 0 Å². The van der Waals surface area contributed by atoms with E-state index in [-0.39, 0.29) is 22.9 Å². The lowest BCUT2D eigenvalue weighted by molar-refractivity contribution is 0.415. The normalized spacial score (nSPS) is 11.0. The standard InChI is InChI=1S/C17H15N3O4S2/c1-24-13-4-2-12(3-5-13)11-20(17-19-8-9-25-17)26(22,23)14-6-7-15(18)16(21)10-14/h2,4,6-10,21H,11,18H2,1H3. The largest absolute Gasteiger partial charge is 0.506 e. The fourth-order valence-corrected chi connectivity index (χ4v) is 4.46. The second-order valence-electron chi connectivity index (χ2n) is 5.22. The average molecular weight is 389 g/mol.